The first-order chi connectivity index (χ1) is 21.0. The summed E-state index contributed by atoms with van der Waals surface area (Å²) in [6.45, 7) is -3.93. The fourth-order valence-corrected chi connectivity index (χ4v) is 5.20. The minimum atomic E-state index is -1.53. The fourth-order valence-electron chi connectivity index (χ4n) is 5.20. The molecule has 14 heteroatoms. The number of aryl methyl sites for hydroxylation is 1. The van der Waals surface area contributed by atoms with E-state index in [9.17, 15) is 49.5 Å². The van der Waals surface area contributed by atoms with E-state index < -0.39 is 68.6 Å². The first-order valence-electron chi connectivity index (χ1n) is 15.2. The molecule has 1 radical (unpaired) electrons. The zero-order valence-electron chi connectivity index (χ0n) is 25.7. The van der Waals surface area contributed by atoms with Crippen LogP contribution in [0.3, 0.4) is 0 Å². The monoisotopic (exact) mass is 776 g/mol. The van der Waals surface area contributed by atoms with Gasteiger partial charge in [0, 0.05) is 58.4 Å². The van der Waals surface area contributed by atoms with E-state index in [-0.39, 0.29) is 59.6 Å². The topological polar surface area (TPSA) is 210 Å². The van der Waals surface area contributed by atoms with Crippen molar-refractivity contribution in [2.45, 2.75) is 76.7 Å². The van der Waals surface area contributed by atoms with Crippen LogP contribution in [-0.4, -0.2) is 103 Å². The van der Waals surface area contributed by atoms with Gasteiger partial charge in [0.25, 0.3) is 0 Å². The summed E-state index contributed by atoms with van der Waals surface area (Å²) in [6, 6.07) is 9.65. The summed E-state index contributed by atoms with van der Waals surface area (Å²) in [7, 11) is 0. The first kappa shape index (κ1) is 42.8. The Morgan fingerprint density at radius 3 is 1.40 bits per heavy atom. The number of carbonyl (C=O) groups excluding carboxylic acids is 5. The Morgan fingerprint density at radius 1 is 0.533 bits per heavy atom. The largest absolute Gasteiger partial charge is 3.00 e. The Morgan fingerprint density at radius 2 is 0.933 bits per heavy atom. The van der Waals surface area contributed by atoms with Crippen LogP contribution in [0.1, 0.15) is 69.8 Å². The quantitative estimate of drug-likeness (QED) is 0.0748. The standard InChI is InChI=1S/C31H49N3O10.Gd/c35-27(36)20-32(17-18-33(21-28(37)38)22-29(39)40)19-26(34(23-30(41)42)24-31(43)44)16-12-7-5-3-1-2-4-6-9-13-25-14-10-8-11-15-25;/h8,10-11,14-15,26H,1-7,9,12-13,16-24H2,(H,35,36)(H,37,38)(H,39,40)(H,41,42)(H,43,44);/q;+3/p-5. The Hall–Kier alpha value is -2.23. The van der Waals surface area contributed by atoms with E-state index in [1.54, 1.807) is 0 Å². The average Bonchev–Trinajstić information content (AvgIpc) is 2.92. The van der Waals surface area contributed by atoms with E-state index in [1.807, 2.05) is 18.2 Å². The van der Waals surface area contributed by atoms with Crippen molar-refractivity contribution >= 4 is 29.8 Å². The predicted octanol–water partition coefficient (Wildman–Crippen LogP) is -3.85. The number of carboxylic acid groups (broad SMARTS) is 5. The number of nitrogens with zero attached hydrogens (tertiary/aromatic N) is 3. The molecule has 1 atom stereocenters. The minimum absolute atomic E-state index is 0. The van der Waals surface area contributed by atoms with Gasteiger partial charge in [-0.3, -0.25) is 14.7 Å². The van der Waals surface area contributed by atoms with E-state index in [2.05, 4.69) is 12.1 Å². The van der Waals surface area contributed by atoms with Gasteiger partial charge in [0.2, 0.25) is 0 Å². The summed E-state index contributed by atoms with van der Waals surface area (Å²) in [5, 5.41) is 56.2. The average molecular weight is 776 g/mol. The molecule has 45 heavy (non-hydrogen) atoms. The van der Waals surface area contributed by atoms with Crippen molar-refractivity contribution in [2.24, 2.45) is 0 Å². The van der Waals surface area contributed by atoms with E-state index in [0.717, 1.165) is 61.2 Å². The molecular weight excluding hydrogens is 732 g/mol. The summed E-state index contributed by atoms with van der Waals surface area (Å²) in [5.41, 5.74) is 1.35. The normalized spacial score (nSPS) is 11.8. The van der Waals surface area contributed by atoms with Crippen molar-refractivity contribution in [3.63, 3.8) is 0 Å². The number of carboxylic acids is 5. The van der Waals surface area contributed by atoms with E-state index in [1.165, 1.54) is 16.9 Å². The number of carbonyl (C=O) groups is 5. The second-order valence-electron chi connectivity index (χ2n) is 11.1. The Bertz CT molecular complexity index is 983. The van der Waals surface area contributed by atoms with Crippen molar-refractivity contribution in [3.05, 3.63) is 35.9 Å². The van der Waals surface area contributed by atoms with Crippen LogP contribution >= 0.6 is 0 Å². The Kier molecular flexibility index (Phi) is 24.6. The third-order valence-electron chi connectivity index (χ3n) is 7.29. The summed E-state index contributed by atoms with van der Waals surface area (Å²) in [6.07, 6.45) is 10.5. The van der Waals surface area contributed by atoms with E-state index in [4.69, 9.17) is 0 Å². The van der Waals surface area contributed by atoms with Gasteiger partial charge in [0.05, 0.1) is 29.8 Å². The molecule has 0 N–H and O–H groups in total. The molecule has 0 amide bonds. The molecule has 0 aliphatic heterocycles. The fraction of sp³-hybridized carbons (Fsp3) is 0.645. The van der Waals surface area contributed by atoms with Crippen molar-refractivity contribution in [2.75, 3.05) is 52.4 Å². The van der Waals surface area contributed by atoms with Gasteiger partial charge in [-0.1, -0.05) is 81.7 Å². The summed E-state index contributed by atoms with van der Waals surface area (Å²) < 4.78 is 0. The van der Waals surface area contributed by atoms with Crippen LogP contribution in [0.2, 0.25) is 0 Å². The molecule has 0 saturated heterocycles. The van der Waals surface area contributed by atoms with Crippen LogP contribution in [0, 0.1) is 39.9 Å². The number of hydrogen-bond acceptors (Lipinski definition) is 13. The molecule has 0 fully saturated rings. The number of aliphatic carboxylic acids is 5. The van der Waals surface area contributed by atoms with Crippen LogP contribution in [0.15, 0.2) is 30.3 Å². The van der Waals surface area contributed by atoms with Crippen molar-refractivity contribution in [1.82, 2.24) is 14.7 Å². The van der Waals surface area contributed by atoms with Gasteiger partial charge in [0.1, 0.15) is 0 Å². The first-order valence-corrected chi connectivity index (χ1v) is 15.2. The molecule has 1 aromatic rings. The van der Waals surface area contributed by atoms with E-state index in [0.29, 0.717) is 12.8 Å². The van der Waals surface area contributed by atoms with Gasteiger partial charge < -0.3 is 49.5 Å². The second-order valence-corrected chi connectivity index (χ2v) is 11.1. The molecule has 0 aliphatic rings. The molecule has 0 bridgehead atoms. The van der Waals surface area contributed by atoms with Gasteiger partial charge in [-0.2, -0.15) is 0 Å². The predicted molar refractivity (Wildman–Crippen MR) is 150 cm³/mol. The molecule has 13 nitrogen and oxygen atoms in total. The number of rotatable bonds is 28. The molecule has 0 aromatic heterocycles. The third kappa shape index (κ3) is 23.7. The number of benzene rings is 1. The van der Waals surface area contributed by atoms with Gasteiger partial charge in [-0.15, -0.1) is 0 Å². The van der Waals surface area contributed by atoms with Crippen LogP contribution < -0.4 is 25.5 Å². The maximum atomic E-state index is 11.4. The maximum absolute atomic E-state index is 11.4. The Balaban J connectivity index is 0.0000194. The van der Waals surface area contributed by atoms with Crippen LogP contribution in [-0.2, 0) is 30.4 Å². The van der Waals surface area contributed by atoms with Gasteiger partial charge in [-0.25, -0.2) is 0 Å². The molecule has 0 aliphatic carbocycles. The molecule has 1 aromatic carbocycles. The molecule has 253 valence electrons. The number of unbranched alkanes of at least 4 members (excludes halogenated alkanes) is 8. The van der Waals surface area contributed by atoms with Crippen molar-refractivity contribution in [1.29, 1.82) is 0 Å². The zero-order chi connectivity index (χ0) is 32.7. The maximum Gasteiger partial charge on any atom is 3.00 e. The summed E-state index contributed by atoms with van der Waals surface area (Å²) in [4.78, 5) is 59.6. The van der Waals surface area contributed by atoms with Gasteiger partial charge in [-0.05, 0) is 24.8 Å². The van der Waals surface area contributed by atoms with Crippen LogP contribution in [0.5, 0.6) is 0 Å². The molecule has 0 heterocycles. The minimum Gasteiger partial charge on any atom is -0.549 e. The SMILES string of the molecule is O=C([O-])CN(CCN(CC(=O)[O-])CC(CCCCCCCCCCCc1ccccc1)N(CC(=O)[O-])CC(=O)[O-])CC(=O)[O-].[Gd+3]. The third-order valence-corrected chi connectivity index (χ3v) is 7.29. The summed E-state index contributed by atoms with van der Waals surface area (Å²) in [5.74, 6) is -7.57. The molecule has 1 unspecified atom stereocenters. The van der Waals surface area contributed by atoms with Gasteiger partial charge >= 0.3 is 39.9 Å². The molecular formula is C31H44GdN3O10-2. The number of hydrogen-bond donors (Lipinski definition) is 0. The summed E-state index contributed by atoms with van der Waals surface area (Å²) >= 11 is 0. The van der Waals surface area contributed by atoms with E-state index >= 15 is 0 Å². The van der Waals surface area contributed by atoms with Crippen molar-refractivity contribution < 1.29 is 89.4 Å². The molecule has 1 rings (SSSR count). The van der Waals surface area contributed by atoms with Gasteiger partial charge in [0.15, 0.2) is 0 Å². The second kappa shape index (κ2) is 25.9. The smallest absolute Gasteiger partial charge is 0.549 e. The van der Waals surface area contributed by atoms with Crippen molar-refractivity contribution in [3.8, 4) is 0 Å². The molecule has 0 saturated carbocycles. The van der Waals surface area contributed by atoms with Crippen LogP contribution in [0.4, 0.5) is 0 Å². The van der Waals surface area contributed by atoms with Crippen LogP contribution in [0.25, 0.3) is 0 Å². The zero-order valence-corrected chi connectivity index (χ0v) is 27.9. The Labute approximate surface area is 297 Å². The molecule has 0 spiro atoms.